The maximum Gasteiger partial charge on any atom is 0.306 e. The molecule has 0 bridgehead atoms. The minimum absolute atomic E-state index is 0.0471. The largest absolute Gasteiger partial charge is 0.469 e. The third kappa shape index (κ3) is 8.01. The molecule has 0 saturated heterocycles. The fraction of sp³-hybridized carbons (Fsp3) is 0.450. The van der Waals surface area contributed by atoms with E-state index in [4.69, 9.17) is 5.26 Å². The lowest BCUT2D eigenvalue weighted by Gasteiger charge is -2.21. The van der Waals surface area contributed by atoms with Gasteiger partial charge in [0.2, 0.25) is 5.91 Å². The molecule has 0 spiro atoms. The molecule has 0 aliphatic carbocycles. The van der Waals surface area contributed by atoms with Crippen molar-refractivity contribution in [3.05, 3.63) is 29.8 Å². The molecule has 0 fully saturated rings. The maximum absolute atomic E-state index is 12.6. The molecule has 156 valence electrons. The summed E-state index contributed by atoms with van der Waals surface area (Å²) < 4.78 is 4.49. The summed E-state index contributed by atoms with van der Waals surface area (Å²) in [5, 5.41) is 14.2. The highest BCUT2D eigenvalue weighted by Crippen LogP contribution is 2.13. The first-order chi connectivity index (χ1) is 13.7. The zero-order valence-corrected chi connectivity index (χ0v) is 17.0. The van der Waals surface area contributed by atoms with Crippen molar-refractivity contribution in [3.63, 3.8) is 0 Å². The second kappa shape index (κ2) is 11.4. The van der Waals surface area contributed by atoms with Gasteiger partial charge in [-0.3, -0.25) is 24.1 Å². The fourth-order valence-corrected chi connectivity index (χ4v) is 2.50. The Morgan fingerprint density at radius 2 is 1.90 bits per heavy atom. The van der Waals surface area contributed by atoms with E-state index in [0.717, 1.165) is 4.90 Å². The van der Waals surface area contributed by atoms with Crippen molar-refractivity contribution in [2.24, 2.45) is 5.92 Å². The molecule has 0 radical (unpaired) electrons. The van der Waals surface area contributed by atoms with E-state index in [0.29, 0.717) is 12.1 Å². The molecular weight excluding hydrogens is 376 g/mol. The Bertz CT molecular complexity index is 800. The Balaban J connectivity index is 2.84. The molecule has 1 unspecified atom stereocenters. The van der Waals surface area contributed by atoms with Crippen molar-refractivity contribution in [2.75, 3.05) is 19.5 Å². The van der Waals surface area contributed by atoms with Gasteiger partial charge in [-0.1, -0.05) is 19.9 Å². The summed E-state index contributed by atoms with van der Waals surface area (Å²) >= 11 is 0. The summed E-state index contributed by atoms with van der Waals surface area (Å²) in [7, 11) is 2.58. The van der Waals surface area contributed by atoms with Gasteiger partial charge in [0.25, 0.3) is 11.8 Å². The van der Waals surface area contributed by atoms with Crippen LogP contribution in [0.4, 0.5) is 5.69 Å². The zero-order chi connectivity index (χ0) is 22.0. The summed E-state index contributed by atoms with van der Waals surface area (Å²) in [5.41, 5.74) is 0.630. The quantitative estimate of drug-likeness (QED) is 0.367. The number of nitrogens with one attached hydrogen (secondary N) is 2. The van der Waals surface area contributed by atoms with Gasteiger partial charge in [0, 0.05) is 24.7 Å². The van der Waals surface area contributed by atoms with Gasteiger partial charge >= 0.3 is 5.97 Å². The Morgan fingerprint density at radius 3 is 2.48 bits per heavy atom. The summed E-state index contributed by atoms with van der Waals surface area (Å²) in [6.07, 6.45) is 2.02. The predicted octanol–water partition coefficient (Wildman–Crippen LogP) is 1.66. The smallest absolute Gasteiger partial charge is 0.306 e. The van der Waals surface area contributed by atoms with Crippen LogP contribution in [-0.4, -0.2) is 48.8 Å². The van der Waals surface area contributed by atoms with Crippen molar-refractivity contribution in [1.82, 2.24) is 10.2 Å². The Labute approximate surface area is 170 Å². The number of anilines is 1. The summed E-state index contributed by atoms with van der Waals surface area (Å²) in [6, 6.07) is 5.37. The minimum atomic E-state index is -0.842. The van der Waals surface area contributed by atoms with Gasteiger partial charge < -0.3 is 15.4 Å². The van der Waals surface area contributed by atoms with Gasteiger partial charge in [-0.2, -0.15) is 5.26 Å². The van der Waals surface area contributed by atoms with Gasteiger partial charge in [0.15, 0.2) is 6.19 Å². The number of carbonyl (C=O) groups is 4. The fourth-order valence-electron chi connectivity index (χ4n) is 2.50. The molecule has 9 heteroatoms. The number of rotatable bonds is 9. The molecule has 2 N–H and O–H groups in total. The maximum atomic E-state index is 12.6. The third-order valence-corrected chi connectivity index (χ3v) is 3.98. The van der Waals surface area contributed by atoms with Gasteiger partial charge in [0.05, 0.1) is 13.5 Å². The van der Waals surface area contributed by atoms with Gasteiger partial charge in [-0.25, -0.2) is 0 Å². The number of hydrogen-bond acceptors (Lipinski definition) is 6. The number of nitriles is 1. The number of hydrogen-bond donors (Lipinski definition) is 2. The second-order valence-electron chi connectivity index (χ2n) is 6.86. The van der Waals surface area contributed by atoms with Crippen LogP contribution in [0.1, 0.15) is 43.5 Å². The molecule has 0 aliphatic heterocycles. The first-order valence-electron chi connectivity index (χ1n) is 9.12. The molecule has 0 aromatic heterocycles. The van der Waals surface area contributed by atoms with Crippen LogP contribution in [-0.2, 0) is 19.1 Å². The number of methoxy groups -OCH3 is 1. The number of ether oxygens (including phenoxy) is 1. The highest BCUT2D eigenvalue weighted by Gasteiger charge is 2.25. The molecule has 1 atom stereocenters. The van der Waals surface area contributed by atoms with E-state index >= 15 is 0 Å². The molecule has 0 saturated carbocycles. The molecule has 0 aliphatic rings. The van der Waals surface area contributed by atoms with Crippen molar-refractivity contribution < 1.29 is 23.9 Å². The van der Waals surface area contributed by atoms with E-state index in [1.165, 1.54) is 20.2 Å². The van der Waals surface area contributed by atoms with Crippen molar-refractivity contribution in [2.45, 2.75) is 39.2 Å². The Morgan fingerprint density at radius 1 is 1.21 bits per heavy atom. The van der Waals surface area contributed by atoms with E-state index in [1.807, 2.05) is 13.8 Å². The number of nitrogens with zero attached hydrogens (tertiary/aromatic N) is 2. The van der Waals surface area contributed by atoms with E-state index in [1.54, 1.807) is 24.4 Å². The topological polar surface area (TPSA) is 129 Å². The molecule has 1 rings (SSSR count). The van der Waals surface area contributed by atoms with Crippen molar-refractivity contribution >= 4 is 29.4 Å². The van der Waals surface area contributed by atoms with Crippen LogP contribution in [0, 0.1) is 17.4 Å². The van der Waals surface area contributed by atoms with Crippen LogP contribution < -0.4 is 10.6 Å². The minimum Gasteiger partial charge on any atom is -0.469 e. The number of benzene rings is 1. The van der Waals surface area contributed by atoms with Gasteiger partial charge in [-0.15, -0.1) is 0 Å². The van der Waals surface area contributed by atoms with Crippen LogP contribution in [0.15, 0.2) is 24.3 Å². The lowest BCUT2D eigenvalue weighted by molar-refractivity contribution is -0.141. The Kier molecular flexibility index (Phi) is 9.32. The van der Waals surface area contributed by atoms with E-state index in [2.05, 4.69) is 15.4 Å². The lowest BCUT2D eigenvalue weighted by Crippen LogP contribution is -2.46. The summed E-state index contributed by atoms with van der Waals surface area (Å²) in [6.45, 7) is 3.81. The molecule has 0 heterocycles. The molecule has 9 nitrogen and oxygen atoms in total. The average molecular weight is 402 g/mol. The van der Waals surface area contributed by atoms with Gasteiger partial charge in [0.1, 0.15) is 6.04 Å². The Hall–Kier alpha value is -3.41. The number of carbonyl (C=O) groups excluding carboxylic acids is 4. The van der Waals surface area contributed by atoms with Gasteiger partial charge in [-0.05, 0) is 30.5 Å². The average Bonchev–Trinajstić information content (AvgIpc) is 2.70. The third-order valence-electron chi connectivity index (χ3n) is 3.98. The molecular formula is C20H26N4O5. The van der Waals surface area contributed by atoms with Crippen LogP contribution in [0.2, 0.25) is 0 Å². The van der Waals surface area contributed by atoms with Crippen molar-refractivity contribution in [3.8, 4) is 6.19 Å². The summed E-state index contributed by atoms with van der Waals surface area (Å²) in [5.74, 6) is -1.76. The highest BCUT2D eigenvalue weighted by atomic mass is 16.5. The van der Waals surface area contributed by atoms with Crippen LogP contribution in [0.5, 0.6) is 0 Å². The molecule has 1 aromatic carbocycles. The van der Waals surface area contributed by atoms with E-state index < -0.39 is 29.7 Å². The predicted molar refractivity (Wildman–Crippen MR) is 105 cm³/mol. The van der Waals surface area contributed by atoms with Crippen molar-refractivity contribution in [1.29, 1.82) is 5.26 Å². The van der Waals surface area contributed by atoms with E-state index in [-0.39, 0.29) is 24.3 Å². The highest BCUT2D eigenvalue weighted by molar-refractivity contribution is 5.99. The normalized spacial score (nSPS) is 11.2. The lowest BCUT2D eigenvalue weighted by atomic mass is 10.0. The van der Waals surface area contributed by atoms with Crippen LogP contribution in [0.3, 0.4) is 0 Å². The van der Waals surface area contributed by atoms with Crippen LogP contribution >= 0.6 is 0 Å². The summed E-state index contributed by atoms with van der Waals surface area (Å²) in [4.78, 5) is 48.8. The number of likely N-dealkylation sites (N-methyl/N-ethyl adjacent to an activating group) is 1. The monoisotopic (exact) mass is 402 g/mol. The molecule has 3 amide bonds. The SMILES string of the molecule is COC(=O)CCC(=O)Nc1cccc(C(=O)NC(CC(C)C)C(=O)N(C)C#N)c1. The first-order valence-corrected chi connectivity index (χ1v) is 9.12. The number of esters is 1. The zero-order valence-electron chi connectivity index (χ0n) is 17.0. The van der Waals surface area contributed by atoms with E-state index in [9.17, 15) is 19.2 Å². The second-order valence-corrected chi connectivity index (χ2v) is 6.86. The molecule has 1 aromatic rings. The standard InChI is InChI=1S/C20H26N4O5/c1-13(2)10-16(20(28)24(3)12-21)23-19(27)14-6-5-7-15(11-14)22-17(25)8-9-18(26)29-4/h5-7,11,13,16H,8-10H2,1-4H3,(H,22,25)(H,23,27). The first kappa shape index (κ1) is 23.6. The number of amides is 3. The molecule has 29 heavy (non-hydrogen) atoms. The van der Waals surface area contributed by atoms with Crippen LogP contribution in [0.25, 0.3) is 0 Å².